The van der Waals surface area contributed by atoms with Crippen molar-refractivity contribution in [1.82, 2.24) is 5.32 Å². The first-order chi connectivity index (χ1) is 8.31. The van der Waals surface area contributed by atoms with Gasteiger partial charge in [0.25, 0.3) is 0 Å². The fraction of sp³-hybridized carbons (Fsp3) is 0.846. The van der Waals surface area contributed by atoms with E-state index < -0.39 is 23.7 Å². The molecule has 1 atom stereocenters. The number of carbonyl (C=O) groups excluding carboxylic acids is 2. The van der Waals surface area contributed by atoms with Gasteiger partial charge in [-0.15, -0.1) is 0 Å². The largest absolute Gasteiger partial charge is 0.467 e. The topological polar surface area (TPSA) is 64.6 Å². The SMILES string of the molecule is COC(=O)C(CC1CCC1)NC(=O)OC(C)(C)C. The van der Waals surface area contributed by atoms with Gasteiger partial charge in [-0.3, -0.25) is 0 Å². The molecule has 0 radical (unpaired) electrons. The quantitative estimate of drug-likeness (QED) is 0.784. The van der Waals surface area contributed by atoms with Crippen LogP contribution in [-0.2, 0) is 14.3 Å². The third-order valence-electron chi connectivity index (χ3n) is 2.97. The highest BCUT2D eigenvalue weighted by molar-refractivity contribution is 5.81. The summed E-state index contributed by atoms with van der Waals surface area (Å²) in [4.78, 5) is 23.2. The van der Waals surface area contributed by atoms with E-state index >= 15 is 0 Å². The van der Waals surface area contributed by atoms with Gasteiger partial charge >= 0.3 is 12.1 Å². The third kappa shape index (κ3) is 4.94. The molecule has 1 amide bonds. The van der Waals surface area contributed by atoms with Crippen LogP contribution in [0.25, 0.3) is 0 Å². The second-order valence-electron chi connectivity index (χ2n) is 5.75. The molecule has 0 aromatic carbocycles. The Morgan fingerprint density at radius 3 is 2.33 bits per heavy atom. The van der Waals surface area contributed by atoms with Crippen molar-refractivity contribution >= 4 is 12.1 Å². The van der Waals surface area contributed by atoms with E-state index in [0.717, 1.165) is 12.8 Å². The van der Waals surface area contributed by atoms with E-state index in [1.807, 2.05) is 0 Å². The maximum Gasteiger partial charge on any atom is 0.408 e. The van der Waals surface area contributed by atoms with Gasteiger partial charge < -0.3 is 14.8 Å². The summed E-state index contributed by atoms with van der Waals surface area (Å²) in [5, 5.41) is 2.59. The van der Waals surface area contributed by atoms with Crippen LogP contribution in [0.5, 0.6) is 0 Å². The first kappa shape index (κ1) is 14.8. The Balaban J connectivity index is 2.49. The van der Waals surface area contributed by atoms with Crippen molar-refractivity contribution in [3.63, 3.8) is 0 Å². The van der Waals surface area contributed by atoms with E-state index in [4.69, 9.17) is 9.47 Å². The van der Waals surface area contributed by atoms with Gasteiger partial charge in [0.2, 0.25) is 0 Å². The first-order valence-electron chi connectivity index (χ1n) is 6.39. The molecule has 1 unspecified atom stereocenters. The number of amides is 1. The first-order valence-corrected chi connectivity index (χ1v) is 6.39. The van der Waals surface area contributed by atoms with Crippen LogP contribution in [0.4, 0.5) is 4.79 Å². The van der Waals surface area contributed by atoms with Crippen LogP contribution in [0.3, 0.4) is 0 Å². The molecule has 0 spiro atoms. The highest BCUT2D eigenvalue weighted by Crippen LogP contribution is 2.30. The highest BCUT2D eigenvalue weighted by atomic mass is 16.6. The summed E-state index contributed by atoms with van der Waals surface area (Å²) < 4.78 is 9.84. The summed E-state index contributed by atoms with van der Waals surface area (Å²) in [6.07, 6.45) is 3.49. The lowest BCUT2D eigenvalue weighted by molar-refractivity contribution is -0.143. The Labute approximate surface area is 108 Å². The van der Waals surface area contributed by atoms with Crippen LogP contribution in [0, 0.1) is 5.92 Å². The fourth-order valence-corrected chi connectivity index (χ4v) is 1.87. The molecule has 18 heavy (non-hydrogen) atoms. The maximum absolute atomic E-state index is 11.6. The van der Waals surface area contributed by atoms with Crippen LogP contribution in [-0.4, -0.2) is 30.8 Å². The molecule has 1 aliphatic carbocycles. The van der Waals surface area contributed by atoms with Gasteiger partial charge in [-0.25, -0.2) is 9.59 Å². The van der Waals surface area contributed by atoms with Gasteiger partial charge in [0, 0.05) is 0 Å². The molecule has 0 bridgehead atoms. The molecular weight excluding hydrogens is 234 g/mol. The zero-order chi connectivity index (χ0) is 13.8. The van der Waals surface area contributed by atoms with Crippen LogP contribution < -0.4 is 5.32 Å². The van der Waals surface area contributed by atoms with E-state index in [2.05, 4.69) is 5.32 Å². The molecule has 1 fully saturated rings. The van der Waals surface area contributed by atoms with Gasteiger partial charge in [-0.1, -0.05) is 19.3 Å². The minimum atomic E-state index is -0.602. The molecule has 0 aromatic heterocycles. The van der Waals surface area contributed by atoms with Crippen LogP contribution in [0.1, 0.15) is 46.5 Å². The number of nitrogens with one attached hydrogen (secondary N) is 1. The summed E-state index contributed by atoms with van der Waals surface area (Å²) in [5.41, 5.74) is -0.568. The zero-order valence-corrected chi connectivity index (χ0v) is 11.6. The van der Waals surface area contributed by atoms with Crippen molar-refractivity contribution in [2.75, 3.05) is 7.11 Å². The van der Waals surface area contributed by atoms with Gasteiger partial charge in [0.05, 0.1) is 7.11 Å². The molecule has 1 N–H and O–H groups in total. The van der Waals surface area contributed by atoms with Crippen molar-refractivity contribution in [2.24, 2.45) is 5.92 Å². The number of esters is 1. The van der Waals surface area contributed by atoms with Gasteiger partial charge in [-0.05, 0) is 33.1 Å². The average molecular weight is 257 g/mol. The number of carbonyl (C=O) groups is 2. The molecule has 1 aliphatic rings. The zero-order valence-electron chi connectivity index (χ0n) is 11.6. The van der Waals surface area contributed by atoms with Crippen molar-refractivity contribution < 1.29 is 19.1 Å². The Bertz CT molecular complexity index is 305. The number of hydrogen-bond donors (Lipinski definition) is 1. The molecule has 1 saturated carbocycles. The molecule has 104 valence electrons. The predicted molar refractivity (Wildman–Crippen MR) is 67.1 cm³/mol. The number of alkyl carbamates (subject to hydrolysis) is 1. The van der Waals surface area contributed by atoms with Crippen molar-refractivity contribution in [2.45, 2.75) is 58.1 Å². The lowest BCUT2D eigenvalue weighted by atomic mass is 9.81. The maximum atomic E-state index is 11.6. The van der Waals surface area contributed by atoms with Crippen LogP contribution in [0.15, 0.2) is 0 Å². The number of hydrogen-bond acceptors (Lipinski definition) is 4. The second-order valence-corrected chi connectivity index (χ2v) is 5.75. The summed E-state index contributed by atoms with van der Waals surface area (Å²) in [6.45, 7) is 5.35. The molecule has 0 aliphatic heterocycles. The average Bonchev–Trinajstić information content (AvgIpc) is 2.17. The molecule has 0 heterocycles. The van der Waals surface area contributed by atoms with Gasteiger partial charge in [0.15, 0.2) is 0 Å². The molecule has 5 nitrogen and oxygen atoms in total. The molecule has 5 heteroatoms. The van der Waals surface area contributed by atoms with Crippen LogP contribution in [0.2, 0.25) is 0 Å². The number of rotatable bonds is 4. The Morgan fingerprint density at radius 1 is 1.33 bits per heavy atom. The standard InChI is InChI=1S/C13H23NO4/c1-13(2,3)18-12(16)14-10(11(15)17-4)8-9-6-5-7-9/h9-10H,5-8H2,1-4H3,(H,14,16). The van der Waals surface area contributed by atoms with E-state index in [1.165, 1.54) is 13.5 Å². The Morgan fingerprint density at radius 2 is 1.94 bits per heavy atom. The molecule has 0 saturated heterocycles. The monoisotopic (exact) mass is 257 g/mol. The molecule has 0 aromatic rings. The summed E-state index contributed by atoms with van der Waals surface area (Å²) in [5.74, 6) is 0.0943. The van der Waals surface area contributed by atoms with Gasteiger partial charge in [0.1, 0.15) is 11.6 Å². The Hall–Kier alpha value is -1.26. The number of ether oxygens (including phenoxy) is 2. The van der Waals surface area contributed by atoms with Gasteiger partial charge in [-0.2, -0.15) is 0 Å². The number of methoxy groups -OCH3 is 1. The van der Waals surface area contributed by atoms with Crippen molar-refractivity contribution in [3.05, 3.63) is 0 Å². The lowest BCUT2D eigenvalue weighted by Crippen LogP contribution is -2.45. The van der Waals surface area contributed by atoms with Crippen molar-refractivity contribution in [1.29, 1.82) is 0 Å². The minimum absolute atomic E-state index is 0.409. The predicted octanol–water partition coefficient (Wildman–Crippen LogP) is 2.24. The Kier molecular flexibility index (Phi) is 4.99. The summed E-state index contributed by atoms with van der Waals surface area (Å²) in [6, 6.07) is -0.602. The smallest absolute Gasteiger partial charge is 0.408 e. The lowest BCUT2D eigenvalue weighted by Gasteiger charge is -2.29. The van der Waals surface area contributed by atoms with E-state index in [-0.39, 0.29) is 0 Å². The second kappa shape index (κ2) is 6.07. The van der Waals surface area contributed by atoms with E-state index in [1.54, 1.807) is 20.8 Å². The van der Waals surface area contributed by atoms with Crippen LogP contribution >= 0.6 is 0 Å². The van der Waals surface area contributed by atoms with Crippen molar-refractivity contribution in [3.8, 4) is 0 Å². The molecule has 1 rings (SSSR count). The van der Waals surface area contributed by atoms with E-state index in [9.17, 15) is 9.59 Å². The minimum Gasteiger partial charge on any atom is -0.467 e. The third-order valence-corrected chi connectivity index (χ3v) is 2.97. The summed E-state index contributed by atoms with van der Waals surface area (Å²) in [7, 11) is 1.33. The van der Waals surface area contributed by atoms with E-state index in [0.29, 0.717) is 12.3 Å². The molecular formula is C13H23NO4. The summed E-state index contributed by atoms with van der Waals surface area (Å²) >= 11 is 0. The normalized spacial score (nSPS) is 17.6. The fourth-order valence-electron chi connectivity index (χ4n) is 1.87. The highest BCUT2D eigenvalue weighted by Gasteiger charge is 2.29.